The lowest BCUT2D eigenvalue weighted by Crippen LogP contribution is -2.22. The van der Waals surface area contributed by atoms with Gasteiger partial charge in [-0.3, -0.25) is 4.90 Å². The van der Waals surface area contributed by atoms with Crippen LogP contribution in [0.2, 0.25) is 0 Å². The Morgan fingerprint density at radius 1 is 1.04 bits per heavy atom. The summed E-state index contributed by atoms with van der Waals surface area (Å²) in [5, 5.41) is 8.57. The third-order valence-electron chi connectivity index (χ3n) is 4.58. The summed E-state index contributed by atoms with van der Waals surface area (Å²) in [5.41, 5.74) is 3.12. The molecule has 1 unspecified atom stereocenters. The largest absolute Gasteiger partial charge is 0.337 e. The number of hydrogen-bond acceptors (Lipinski definition) is 5. The van der Waals surface area contributed by atoms with Crippen LogP contribution in [0.1, 0.15) is 24.4 Å². The smallest absolute Gasteiger partial charge is 0.244 e. The molecular weight excluding hydrogens is 338 g/mol. The number of hydrogen-bond donors (Lipinski definition) is 0. The summed E-state index contributed by atoms with van der Waals surface area (Å²) < 4.78 is 7.37. The molecule has 0 N–H and O–H groups in total. The van der Waals surface area contributed by atoms with E-state index in [2.05, 4.69) is 27.1 Å². The highest BCUT2D eigenvalue weighted by molar-refractivity contribution is 5.53. The normalized spacial score (nSPS) is 12.4. The molecule has 0 radical (unpaired) electrons. The quantitative estimate of drug-likeness (QED) is 0.518. The van der Waals surface area contributed by atoms with E-state index >= 15 is 0 Å². The minimum Gasteiger partial charge on any atom is -0.337 e. The highest BCUT2D eigenvalue weighted by Crippen LogP contribution is 2.22. The molecule has 2 aromatic heterocycles. The van der Waals surface area contributed by atoms with E-state index in [1.54, 1.807) is 0 Å². The van der Waals surface area contributed by atoms with Crippen LogP contribution >= 0.6 is 0 Å². The van der Waals surface area contributed by atoms with Crippen molar-refractivity contribution in [3.63, 3.8) is 0 Å². The fraction of sp³-hybridized carbons (Fsp3) is 0.190. The first-order valence-corrected chi connectivity index (χ1v) is 8.89. The summed E-state index contributed by atoms with van der Waals surface area (Å²) in [5.74, 6) is 1.22. The van der Waals surface area contributed by atoms with Crippen LogP contribution in [0.15, 0.2) is 77.6 Å². The van der Waals surface area contributed by atoms with E-state index in [-0.39, 0.29) is 6.04 Å². The molecule has 0 aliphatic rings. The predicted molar refractivity (Wildman–Crippen MR) is 103 cm³/mol. The Labute approximate surface area is 158 Å². The average molecular weight is 359 g/mol. The molecule has 0 bridgehead atoms. The van der Waals surface area contributed by atoms with Crippen LogP contribution in [-0.2, 0) is 6.54 Å². The summed E-state index contributed by atoms with van der Waals surface area (Å²) in [6.45, 7) is 2.79. The second kappa shape index (κ2) is 7.55. The van der Waals surface area contributed by atoms with Gasteiger partial charge >= 0.3 is 0 Å². The topological polar surface area (TPSA) is 60.0 Å². The van der Waals surface area contributed by atoms with Gasteiger partial charge in [0, 0.05) is 23.9 Å². The molecule has 1 atom stereocenters. The maximum Gasteiger partial charge on any atom is 0.244 e. The second-order valence-electron chi connectivity index (χ2n) is 6.54. The van der Waals surface area contributed by atoms with Crippen molar-refractivity contribution in [1.29, 1.82) is 0 Å². The van der Waals surface area contributed by atoms with Gasteiger partial charge in [0.1, 0.15) is 0 Å². The van der Waals surface area contributed by atoms with Crippen molar-refractivity contribution in [3.8, 4) is 17.1 Å². The van der Waals surface area contributed by atoms with Crippen molar-refractivity contribution in [2.75, 3.05) is 7.05 Å². The summed E-state index contributed by atoms with van der Waals surface area (Å²) in [6, 6.07) is 19.9. The average Bonchev–Trinajstić information content (AvgIpc) is 3.39. The van der Waals surface area contributed by atoms with Gasteiger partial charge in [0.05, 0.1) is 17.9 Å². The van der Waals surface area contributed by atoms with E-state index < -0.39 is 0 Å². The second-order valence-corrected chi connectivity index (χ2v) is 6.54. The number of rotatable bonds is 6. The Morgan fingerprint density at radius 2 is 1.74 bits per heavy atom. The molecule has 0 spiro atoms. The Bertz CT molecular complexity index is 994. The zero-order valence-corrected chi connectivity index (χ0v) is 15.4. The zero-order chi connectivity index (χ0) is 18.6. The van der Waals surface area contributed by atoms with E-state index in [9.17, 15) is 0 Å². The van der Waals surface area contributed by atoms with Gasteiger partial charge in [-0.1, -0.05) is 53.7 Å². The molecule has 0 fully saturated rings. The maximum absolute atomic E-state index is 5.49. The molecule has 0 saturated carbocycles. The molecule has 6 nitrogen and oxygen atoms in total. The minimum atomic E-state index is -0.00459. The summed E-state index contributed by atoms with van der Waals surface area (Å²) in [4.78, 5) is 6.72. The number of aromatic nitrogens is 4. The zero-order valence-electron chi connectivity index (χ0n) is 15.4. The minimum absolute atomic E-state index is 0.00459. The third-order valence-corrected chi connectivity index (χ3v) is 4.58. The molecule has 2 aromatic carbocycles. The number of benzene rings is 2. The highest BCUT2D eigenvalue weighted by atomic mass is 16.5. The van der Waals surface area contributed by atoms with Gasteiger partial charge in [-0.25, -0.2) is 4.68 Å². The lowest BCUT2D eigenvalue weighted by Gasteiger charge is -2.20. The lowest BCUT2D eigenvalue weighted by atomic mass is 10.2. The van der Waals surface area contributed by atoms with Crippen LogP contribution in [0.5, 0.6) is 0 Å². The first-order chi connectivity index (χ1) is 13.2. The van der Waals surface area contributed by atoms with Gasteiger partial charge in [0.25, 0.3) is 0 Å². The fourth-order valence-electron chi connectivity index (χ4n) is 2.89. The van der Waals surface area contributed by atoms with Crippen LogP contribution in [0.4, 0.5) is 0 Å². The Balaban J connectivity index is 1.45. The van der Waals surface area contributed by atoms with Crippen molar-refractivity contribution < 1.29 is 4.52 Å². The van der Waals surface area contributed by atoms with Crippen molar-refractivity contribution in [1.82, 2.24) is 24.8 Å². The van der Waals surface area contributed by atoms with E-state index in [0.29, 0.717) is 11.7 Å². The van der Waals surface area contributed by atoms with Gasteiger partial charge < -0.3 is 4.52 Å². The maximum atomic E-state index is 5.49. The molecule has 4 rings (SSSR count). The molecule has 136 valence electrons. The summed E-state index contributed by atoms with van der Waals surface area (Å²) >= 11 is 0. The number of nitrogens with zero attached hydrogens (tertiary/aromatic N) is 5. The van der Waals surface area contributed by atoms with E-state index in [1.807, 2.05) is 84.8 Å². The van der Waals surface area contributed by atoms with Gasteiger partial charge in [0.2, 0.25) is 11.7 Å². The van der Waals surface area contributed by atoms with Crippen molar-refractivity contribution in [3.05, 3.63) is 84.5 Å². The Kier molecular flexibility index (Phi) is 4.80. The van der Waals surface area contributed by atoms with Crippen LogP contribution in [-0.4, -0.2) is 31.9 Å². The van der Waals surface area contributed by atoms with E-state index in [0.717, 1.165) is 23.4 Å². The molecule has 2 heterocycles. The van der Waals surface area contributed by atoms with E-state index in [4.69, 9.17) is 4.52 Å². The van der Waals surface area contributed by atoms with Crippen molar-refractivity contribution in [2.45, 2.75) is 19.5 Å². The predicted octanol–water partition coefficient (Wildman–Crippen LogP) is 4.12. The molecule has 27 heavy (non-hydrogen) atoms. The van der Waals surface area contributed by atoms with Crippen LogP contribution in [0.3, 0.4) is 0 Å². The van der Waals surface area contributed by atoms with E-state index in [1.165, 1.54) is 0 Å². The monoisotopic (exact) mass is 359 g/mol. The fourth-order valence-corrected chi connectivity index (χ4v) is 2.89. The Morgan fingerprint density at radius 3 is 2.48 bits per heavy atom. The van der Waals surface area contributed by atoms with Crippen molar-refractivity contribution in [2.24, 2.45) is 0 Å². The Hall–Kier alpha value is -3.25. The molecule has 0 aliphatic carbocycles. The highest BCUT2D eigenvalue weighted by Gasteiger charge is 2.20. The summed E-state index contributed by atoms with van der Waals surface area (Å²) in [7, 11) is 2.04. The first kappa shape index (κ1) is 17.2. The van der Waals surface area contributed by atoms with Gasteiger partial charge in [-0.15, -0.1) is 0 Å². The van der Waals surface area contributed by atoms with Gasteiger partial charge in [-0.05, 0) is 26.1 Å². The number of para-hydroxylation sites is 1. The molecule has 0 amide bonds. The van der Waals surface area contributed by atoms with Crippen LogP contribution in [0.25, 0.3) is 17.1 Å². The van der Waals surface area contributed by atoms with Crippen LogP contribution in [0, 0.1) is 0 Å². The molecule has 4 aromatic rings. The first-order valence-electron chi connectivity index (χ1n) is 8.89. The molecule has 0 saturated heterocycles. The lowest BCUT2D eigenvalue weighted by molar-refractivity contribution is 0.202. The molecular formula is C21H21N5O. The third kappa shape index (κ3) is 3.80. The summed E-state index contributed by atoms with van der Waals surface area (Å²) in [6.07, 6.45) is 3.93. The molecule has 6 heteroatoms. The van der Waals surface area contributed by atoms with Gasteiger partial charge in [-0.2, -0.15) is 10.1 Å². The molecule has 0 aliphatic heterocycles. The standard InChI is InChI=1S/C21H21N5O/c1-16(21-23-20(24-27-21)18-9-5-3-6-10-18)25(2)14-17-13-22-26(15-17)19-11-7-4-8-12-19/h3-13,15-16H,14H2,1-2H3. The SMILES string of the molecule is CC(c1nc(-c2ccccc2)no1)N(C)Cc1cnn(-c2ccccc2)c1. The van der Waals surface area contributed by atoms with Crippen LogP contribution < -0.4 is 0 Å². The van der Waals surface area contributed by atoms with Crippen molar-refractivity contribution >= 4 is 0 Å². The van der Waals surface area contributed by atoms with Gasteiger partial charge in [0.15, 0.2) is 0 Å².